The molecule has 2 unspecified atom stereocenters. The average Bonchev–Trinajstić information content (AvgIpc) is 3.05. The van der Waals surface area contributed by atoms with Crippen molar-refractivity contribution in [1.29, 1.82) is 0 Å². The van der Waals surface area contributed by atoms with Gasteiger partial charge in [0.25, 0.3) is 0 Å². The predicted octanol–water partition coefficient (Wildman–Crippen LogP) is 4.53. The van der Waals surface area contributed by atoms with E-state index in [-0.39, 0.29) is 42.7 Å². The first-order chi connectivity index (χ1) is 12.1. The Labute approximate surface area is 174 Å². The molecule has 2 atom stereocenters. The monoisotopic (exact) mass is 409 g/mol. The highest BCUT2D eigenvalue weighted by Crippen LogP contribution is 2.30. The first-order valence-electron chi connectivity index (χ1n) is 9.04. The first-order valence-corrected chi connectivity index (χ1v) is 9.04. The van der Waals surface area contributed by atoms with E-state index in [1.807, 2.05) is 49.4 Å². The maximum Gasteiger partial charge on any atom is 0.229 e. The molecule has 0 spiro atoms. The third-order valence-electron chi connectivity index (χ3n) is 4.98. The number of carbonyl (C=O) groups is 1. The molecular formula is C21H29Cl2N3O. The van der Waals surface area contributed by atoms with Crippen molar-refractivity contribution in [2.75, 3.05) is 11.9 Å². The van der Waals surface area contributed by atoms with Crippen LogP contribution in [0.5, 0.6) is 0 Å². The molecule has 2 aromatic rings. The summed E-state index contributed by atoms with van der Waals surface area (Å²) in [6, 6.07) is 15.6. The van der Waals surface area contributed by atoms with Crippen LogP contribution in [0.3, 0.4) is 0 Å². The number of halogens is 2. The van der Waals surface area contributed by atoms with Gasteiger partial charge >= 0.3 is 0 Å². The maximum atomic E-state index is 12.7. The summed E-state index contributed by atoms with van der Waals surface area (Å²) in [5.41, 5.74) is 10.8. The molecule has 27 heavy (non-hydrogen) atoms. The average molecular weight is 410 g/mol. The quantitative estimate of drug-likeness (QED) is 0.736. The number of nitrogens with two attached hydrogens (primary N) is 1. The van der Waals surface area contributed by atoms with Crippen LogP contribution in [-0.4, -0.2) is 17.4 Å². The Hall–Kier alpha value is -1.59. The second-order valence-electron chi connectivity index (χ2n) is 6.87. The molecular weight excluding hydrogens is 381 g/mol. The van der Waals surface area contributed by atoms with Gasteiger partial charge in [-0.1, -0.05) is 56.3 Å². The molecule has 0 saturated carbocycles. The molecule has 1 heterocycles. The summed E-state index contributed by atoms with van der Waals surface area (Å²) < 4.78 is 0. The number of carbonyl (C=O) groups excluding carboxylic acids is 1. The lowest BCUT2D eigenvalue weighted by molar-refractivity contribution is -0.120. The Balaban J connectivity index is 0.00000182. The second kappa shape index (κ2) is 10.7. The summed E-state index contributed by atoms with van der Waals surface area (Å²) in [5.74, 6) is -0.329. The molecule has 0 bridgehead atoms. The fourth-order valence-corrected chi connectivity index (χ4v) is 3.45. The van der Waals surface area contributed by atoms with E-state index in [4.69, 9.17) is 5.73 Å². The van der Waals surface area contributed by atoms with Gasteiger partial charge in [0.15, 0.2) is 0 Å². The van der Waals surface area contributed by atoms with Gasteiger partial charge in [0.1, 0.15) is 0 Å². The third kappa shape index (κ3) is 5.45. The van der Waals surface area contributed by atoms with Crippen LogP contribution in [0.4, 0.5) is 5.69 Å². The van der Waals surface area contributed by atoms with Gasteiger partial charge in [0.05, 0.1) is 5.92 Å². The van der Waals surface area contributed by atoms with Crippen molar-refractivity contribution in [1.82, 2.24) is 4.90 Å². The lowest BCUT2D eigenvalue weighted by Gasteiger charge is -2.21. The zero-order valence-corrected chi connectivity index (χ0v) is 17.5. The van der Waals surface area contributed by atoms with Crippen molar-refractivity contribution in [2.45, 2.75) is 39.4 Å². The lowest BCUT2D eigenvalue weighted by atomic mass is 9.94. The number of anilines is 1. The first kappa shape index (κ1) is 23.4. The largest absolute Gasteiger partial charge is 0.325 e. The van der Waals surface area contributed by atoms with Crippen LogP contribution < -0.4 is 11.1 Å². The third-order valence-corrected chi connectivity index (χ3v) is 4.98. The Morgan fingerprint density at radius 2 is 1.81 bits per heavy atom. The van der Waals surface area contributed by atoms with E-state index in [1.54, 1.807) is 0 Å². The van der Waals surface area contributed by atoms with Crippen LogP contribution in [0.1, 0.15) is 43.0 Å². The lowest BCUT2D eigenvalue weighted by Crippen LogP contribution is -2.30. The number of benzene rings is 2. The fraction of sp³-hybridized carbons (Fsp3) is 0.381. The highest BCUT2D eigenvalue weighted by Gasteiger charge is 2.25. The van der Waals surface area contributed by atoms with Gasteiger partial charge in [0.2, 0.25) is 5.91 Å². The minimum Gasteiger partial charge on any atom is -0.325 e. The van der Waals surface area contributed by atoms with E-state index in [0.717, 1.165) is 37.3 Å². The number of nitrogens with zero attached hydrogens (tertiary/aromatic N) is 1. The van der Waals surface area contributed by atoms with Crippen molar-refractivity contribution in [2.24, 2.45) is 11.7 Å². The maximum absolute atomic E-state index is 12.7. The highest BCUT2D eigenvalue weighted by atomic mass is 35.5. The summed E-state index contributed by atoms with van der Waals surface area (Å²) >= 11 is 0. The topological polar surface area (TPSA) is 58.4 Å². The molecule has 2 aromatic carbocycles. The molecule has 0 saturated heterocycles. The van der Waals surface area contributed by atoms with Gasteiger partial charge in [-0.3, -0.25) is 9.69 Å². The van der Waals surface area contributed by atoms with Gasteiger partial charge < -0.3 is 11.1 Å². The predicted molar refractivity (Wildman–Crippen MR) is 117 cm³/mol. The number of rotatable bonds is 6. The smallest absolute Gasteiger partial charge is 0.229 e. The van der Waals surface area contributed by atoms with Crippen LogP contribution in [0, 0.1) is 5.92 Å². The van der Waals surface area contributed by atoms with Crippen LogP contribution >= 0.6 is 24.8 Å². The minimum absolute atomic E-state index is 0. The van der Waals surface area contributed by atoms with E-state index in [1.165, 1.54) is 11.1 Å². The Morgan fingerprint density at radius 3 is 2.48 bits per heavy atom. The summed E-state index contributed by atoms with van der Waals surface area (Å²) in [7, 11) is 0. The number of hydrogen-bond donors (Lipinski definition) is 2. The summed E-state index contributed by atoms with van der Waals surface area (Å²) in [6.45, 7) is 7.03. The van der Waals surface area contributed by atoms with Crippen LogP contribution in [0.25, 0.3) is 0 Å². The van der Waals surface area contributed by atoms with Crippen molar-refractivity contribution >= 4 is 36.4 Å². The highest BCUT2D eigenvalue weighted by molar-refractivity contribution is 5.93. The van der Waals surface area contributed by atoms with E-state index < -0.39 is 0 Å². The molecule has 0 radical (unpaired) electrons. The standard InChI is InChI=1S/C21H27N3O.2ClH/c1-3-12-24-13-17-10-7-11-19(18(17)14-24)23-21(25)15(2)20(22)16-8-5-4-6-9-16;;/h4-11,15,20H,3,12-14,22H2,1-2H3,(H,23,25);2*1H. The number of amides is 1. The molecule has 6 heteroatoms. The molecule has 3 N–H and O–H groups in total. The van der Waals surface area contributed by atoms with Crippen LogP contribution in [0.2, 0.25) is 0 Å². The molecule has 1 aliphatic rings. The molecule has 0 aliphatic carbocycles. The molecule has 3 rings (SSSR count). The molecule has 0 fully saturated rings. The molecule has 0 aromatic heterocycles. The van der Waals surface area contributed by atoms with Gasteiger partial charge in [-0.05, 0) is 35.7 Å². The zero-order chi connectivity index (χ0) is 17.8. The van der Waals surface area contributed by atoms with Gasteiger partial charge in [-0.15, -0.1) is 24.8 Å². The summed E-state index contributed by atoms with van der Waals surface area (Å²) in [5, 5.41) is 3.11. The van der Waals surface area contributed by atoms with Crippen molar-refractivity contribution in [3.63, 3.8) is 0 Å². The minimum atomic E-state index is -0.311. The molecule has 148 valence electrons. The molecule has 4 nitrogen and oxygen atoms in total. The van der Waals surface area contributed by atoms with Gasteiger partial charge in [-0.2, -0.15) is 0 Å². The Kier molecular flexibility index (Phi) is 9.27. The Morgan fingerprint density at radius 1 is 1.11 bits per heavy atom. The fourth-order valence-electron chi connectivity index (χ4n) is 3.45. The van der Waals surface area contributed by atoms with Crippen LogP contribution in [-0.2, 0) is 17.9 Å². The normalized spacial score (nSPS) is 15.1. The van der Waals surface area contributed by atoms with E-state index in [2.05, 4.69) is 23.2 Å². The molecule has 1 amide bonds. The zero-order valence-electron chi connectivity index (χ0n) is 15.9. The van der Waals surface area contributed by atoms with Crippen LogP contribution in [0.15, 0.2) is 48.5 Å². The molecule has 1 aliphatic heterocycles. The number of fused-ring (bicyclic) bond motifs is 1. The van der Waals surface area contributed by atoms with Gasteiger partial charge in [-0.25, -0.2) is 0 Å². The van der Waals surface area contributed by atoms with E-state index in [0.29, 0.717) is 0 Å². The summed E-state index contributed by atoms with van der Waals surface area (Å²) in [6.07, 6.45) is 1.14. The van der Waals surface area contributed by atoms with Crippen molar-refractivity contribution < 1.29 is 4.79 Å². The van der Waals surface area contributed by atoms with Crippen molar-refractivity contribution in [3.8, 4) is 0 Å². The Bertz CT molecular complexity index is 739. The summed E-state index contributed by atoms with van der Waals surface area (Å²) in [4.78, 5) is 15.1. The van der Waals surface area contributed by atoms with E-state index >= 15 is 0 Å². The van der Waals surface area contributed by atoms with Gasteiger partial charge in [0, 0.05) is 24.8 Å². The SMILES string of the molecule is CCCN1Cc2cccc(NC(=O)C(C)C(N)c3ccccc3)c2C1.Cl.Cl. The second-order valence-corrected chi connectivity index (χ2v) is 6.87. The number of hydrogen-bond acceptors (Lipinski definition) is 3. The number of nitrogens with one attached hydrogen (secondary N) is 1. The van der Waals surface area contributed by atoms with E-state index in [9.17, 15) is 4.79 Å². The van der Waals surface area contributed by atoms with Crippen molar-refractivity contribution in [3.05, 3.63) is 65.2 Å².